The summed E-state index contributed by atoms with van der Waals surface area (Å²) in [5, 5.41) is 6.31. The number of nitrogens with zero attached hydrogens (tertiary/aromatic N) is 4. The molecule has 2 aromatic rings. The van der Waals surface area contributed by atoms with Crippen LogP contribution < -0.4 is 0 Å². The van der Waals surface area contributed by atoms with Crippen molar-refractivity contribution in [2.75, 3.05) is 26.7 Å². The number of aromatic nitrogens is 2. The van der Waals surface area contributed by atoms with Gasteiger partial charge in [0.1, 0.15) is 6.10 Å². The van der Waals surface area contributed by atoms with Crippen molar-refractivity contribution in [3.05, 3.63) is 39.8 Å². The van der Waals surface area contributed by atoms with Crippen LogP contribution in [0.15, 0.2) is 23.7 Å². The van der Waals surface area contributed by atoms with E-state index in [0.717, 1.165) is 23.5 Å². The SMILES string of the molecule is Cc1nn(C)cc1CN(C)CC1CC2(CCN(C(=O)c3cccs3)CC2)C(=O)O1. The van der Waals surface area contributed by atoms with E-state index >= 15 is 0 Å². The molecule has 8 heteroatoms. The predicted octanol–water partition coefficient (Wildman–Crippen LogP) is 2.46. The molecule has 2 aliphatic heterocycles. The van der Waals surface area contributed by atoms with E-state index in [4.69, 9.17) is 4.74 Å². The number of hydrogen-bond acceptors (Lipinski definition) is 6. The van der Waals surface area contributed by atoms with Crippen LogP contribution in [0.5, 0.6) is 0 Å². The van der Waals surface area contributed by atoms with Crippen LogP contribution in [0.4, 0.5) is 0 Å². The molecule has 2 aliphatic rings. The molecule has 0 radical (unpaired) electrons. The van der Waals surface area contributed by atoms with Crippen LogP contribution in [0.25, 0.3) is 0 Å². The number of carbonyl (C=O) groups is 2. The molecule has 4 heterocycles. The van der Waals surface area contributed by atoms with Gasteiger partial charge in [0, 0.05) is 51.4 Å². The van der Waals surface area contributed by atoms with E-state index in [1.165, 1.54) is 16.9 Å². The molecule has 29 heavy (non-hydrogen) atoms. The number of ether oxygens (including phenoxy) is 1. The molecule has 4 rings (SSSR count). The number of cyclic esters (lactones) is 1. The molecule has 7 nitrogen and oxygen atoms in total. The summed E-state index contributed by atoms with van der Waals surface area (Å²) in [6.45, 7) is 4.73. The van der Waals surface area contributed by atoms with Crippen molar-refractivity contribution in [2.45, 2.75) is 38.8 Å². The first-order valence-corrected chi connectivity index (χ1v) is 11.0. The maximum atomic E-state index is 12.7. The van der Waals surface area contributed by atoms with E-state index < -0.39 is 5.41 Å². The van der Waals surface area contributed by atoms with Crippen LogP contribution in [-0.2, 0) is 23.1 Å². The van der Waals surface area contributed by atoms with Gasteiger partial charge in [-0.25, -0.2) is 0 Å². The quantitative estimate of drug-likeness (QED) is 0.701. The maximum Gasteiger partial charge on any atom is 0.312 e. The predicted molar refractivity (Wildman–Crippen MR) is 111 cm³/mol. The van der Waals surface area contributed by atoms with Crippen molar-refractivity contribution in [1.82, 2.24) is 19.6 Å². The molecule has 0 bridgehead atoms. The highest BCUT2D eigenvalue weighted by Crippen LogP contribution is 2.43. The summed E-state index contributed by atoms with van der Waals surface area (Å²) >= 11 is 1.46. The topological polar surface area (TPSA) is 67.7 Å². The first kappa shape index (κ1) is 20.1. The Kier molecular flexibility index (Phi) is 5.48. The largest absolute Gasteiger partial charge is 0.461 e. The summed E-state index contributed by atoms with van der Waals surface area (Å²) in [5.74, 6) is -0.0129. The molecule has 0 N–H and O–H groups in total. The standard InChI is InChI=1S/C21H28N4O3S/c1-15-16(13-24(3)22-15)12-23(2)14-17-11-21(20(27)28-17)6-8-25(9-7-21)19(26)18-5-4-10-29-18/h4-5,10,13,17H,6-9,11-12,14H2,1-3H3. The van der Waals surface area contributed by atoms with E-state index in [-0.39, 0.29) is 18.0 Å². The summed E-state index contributed by atoms with van der Waals surface area (Å²) < 4.78 is 7.59. The second-order valence-electron chi connectivity index (χ2n) is 8.39. The van der Waals surface area contributed by atoms with Crippen LogP contribution in [0.2, 0.25) is 0 Å². The maximum absolute atomic E-state index is 12.7. The van der Waals surface area contributed by atoms with Gasteiger partial charge in [0.25, 0.3) is 5.91 Å². The number of rotatable bonds is 5. The smallest absolute Gasteiger partial charge is 0.312 e. The normalized spacial score (nSPS) is 21.2. The van der Waals surface area contributed by atoms with Crippen molar-refractivity contribution in [1.29, 1.82) is 0 Å². The summed E-state index contributed by atoms with van der Waals surface area (Å²) in [6, 6.07) is 3.75. The zero-order valence-electron chi connectivity index (χ0n) is 17.3. The van der Waals surface area contributed by atoms with Gasteiger partial charge < -0.3 is 9.64 Å². The molecule has 156 valence electrons. The van der Waals surface area contributed by atoms with Crippen molar-refractivity contribution in [3.8, 4) is 0 Å². The Labute approximate surface area is 175 Å². The molecule has 2 aromatic heterocycles. The van der Waals surface area contributed by atoms with E-state index in [9.17, 15) is 9.59 Å². The van der Waals surface area contributed by atoms with Gasteiger partial charge in [0.15, 0.2) is 0 Å². The van der Waals surface area contributed by atoms with Gasteiger partial charge in [-0.2, -0.15) is 5.10 Å². The zero-order valence-corrected chi connectivity index (χ0v) is 18.1. The molecular formula is C21H28N4O3S. The summed E-state index contributed by atoms with van der Waals surface area (Å²) in [7, 11) is 3.97. The van der Waals surface area contributed by atoms with Crippen LogP contribution in [0.1, 0.15) is 40.2 Å². The number of hydrogen-bond donors (Lipinski definition) is 0. The second kappa shape index (κ2) is 7.91. The third-order valence-corrected chi connectivity index (χ3v) is 6.99. The van der Waals surface area contributed by atoms with E-state index in [1.807, 2.05) is 54.3 Å². The van der Waals surface area contributed by atoms with Crippen LogP contribution >= 0.6 is 11.3 Å². The highest BCUT2D eigenvalue weighted by Gasteiger charge is 2.51. The first-order chi connectivity index (χ1) is 13.9. The van der Waals surface area contributed by atoms with Gasteiger partial charge >= 0.3 is 5.97 Å². The molecule has 0 saturated carbocycles. The Bertz CT molecular complexity index is 884. The molecule has 1 amide bonds. The molecule has 1 atom stereocenters. The average molecular weight is 417 g/mol. The first-order valence-electron chi connectivity index (χ1n) is 10.1. The minimum atomic E-state index is -0.429. The Morgan fingerprint density at radius 1 is 1.41 bits per heavy atom. The highest BCUT2D eigenvalue weighted by molar-refractivity contribution is 7.12. The molecule has 2 saturated heterocycles. The third-order valence-electron chi connectivity index (χ3n) is 6.14. The molecule has 0 aliphatic carbocycles. The number of carbonyl (C=O) groups excluding carboxylic acids is 2. The Balaban J connectivity index is 1.32. The van der Waals surface area contributed by atoms with Crippen LogP contribution in [0, 0.1) is 12.3 Å². The molecular weight excluding hydrogens is 388 g/mol. The van der Waals surface area contributed by atoms with Gasteiger partial charge in [-0.3, -0.25) is 19.2 Å². The van der Waals surface area contributed by atoms with E-state index in [1.54, 1.807) is 0 Å². The summed E-state index contributed by atoms with van der Waals surface area (Å²) in [5.41, 5.74) is 1.79. The number of aryl methyl sites for hydroxylation is 2. The van der Waals surface area contributed by atoms with E-state index in [2.05, 4.69) is 10.00 Å². The van der Waals surface area contributed by atoms with Crippen molar-refractivity contribution >= 4 is 23.2 Å². The lowest BCUT2D eigenvalue weighted by Gasteiger charge is -2.36. The third kappa shape index (κ3) is 4.09. The summed E-state index contributed by atoms with van der Waals surface area (Å²) in [4.78, 5) is 30.1. The number of likely N-dealkylation sites (N-methyl/N-ethyl adjacent to an activating group) is 1. The number of esters is 1. The Morgan fingerprint density at radius 3 is 2.79 bits per heavy atom. The molecule has 0 aromatic carbocycles. The van der Waals surface area contributed by atoms with Crippen LogP contribution in [0.3, 0.4) is 0 Å². The van der Waals surface area contributed by atoms with Crippen molar-refractivity contribution in [2.24, 2.45) is 12.5 Å². The fraction of sp³-hybridized carbons (Fsp3) is 0.571. The molecule has 1 spiro atoms. The van der Waals surface area contributed by atoms with Crippen molar-refractivity contribution < 1.29 is 14.3 Å². The van der Waals surface area contributed by atoms with Gasteiger partial charge in [0.05, 0.1) is 16.0 Å². The van der Waals surface area contributed by atoms with Crippen molar-refractivity contribution in [3.63, 3.8) is 0 Å². The minimum absolute atomic E-state index is 0.0735. The van der Waals surface area contributed by atoms with Crippen LogP contribution in [-0.4, -0.2) is 64.2 Å². The number of likely N-dealkylation sites (tertiary alicyclic amines) is 1. The lowest BCUT2D eigenvalue weighted by Crippen LogP contribution is -2.45. The Morgan fingerprint density at radius 2 is 2.17 bits per heavy atom. The lowest BCUT2D eigenvalue weighted by atomic mass is 9.76. The lowest BCUT2D eigenvalue weighted by molar-refractivity contribution is -0.151. The van der Waals surface area contributed by atoms with Gasteiger partial charge in [0.2, 0.25) is 0 Å². The fourth-order valence-electron chi connectivity index (χ4n) is 4.55. The number of amides is 1. The zero-order chi connectivity index (χ0) is 20.6. The number of thiophene rings is 1. The Hall–Kier alpha value is -2.19. The van der Waals surface area contributed by atoms with Gasteiger partial charge in [-0.1, -0.05) is 6.07 Å². The highest BCUT2D eigenvalue weighted by atomic mass is 32.1. The minimum Gasteiger partial charge on any atom is -0.461 e. The van der Waals surface area contributed by atoms with Gasteiger partial charge in [-0.05, 0) is 38.3 Å². The molecule has 1 unspecified atom stereocenters. The number of piperidine rings is 1. The average Bonchev–Trinajstić information content (AvgIpc) is 3.37. The molecule has 2 fully saturated rings. The monoisotopic (exact) mass is 416 g/mol. The van der Waals surface area contributed by atoms with Gasteiger partial charge in [-0.15, -0.1) is 11.3 Å². The second-order valence-corrected chi connectivity index (χ2v) is 9.34. The summed E-state index contributed by atoms with van der Waals surface area (Å²) in [6.07, 6.45) is 4.05. The fourth-order valence-corrected chi connectivity index (χ4v) is 5.24. The van der Waals surface area contributed by atoms with E-state index in [0.29, 0.717) is 32.5 Å².